The fourth-order valence-electron chi connectivity index (χ4n) is 1.59. The molecule has 0 saturated carbocycles. The van der Waals surface area contributed by atoms with Gasteiger partial charge in [-0.25, -0.2) is 4.39 Å². The van der Waals surface area contributed by atoms with Crippen molar-refractivity contribution in [2.24, 2.45) is 5.73 Å². The second kappa shape index (κ2) is 4.62. The molecule has 6 heteroatoms. The topological polar surface area (TPSA) is 46.2 Å². The molecule has 17 heavy (non-hydrogen) atoms. The van der Waals surface area contributed by atoms with Gasteiger partial charge >= 0.3 is 6.18 Å². The summed E-state index contributed by atoms with van der Waals surface area (Å²) in [5.41, 5.74) is 1.73. The predicted molar refractivity (Wildman–Crippen MR) is 54.6 cm³/mol. The van der Waals surface area contributed by atoms with E-state index in [0.29, 0.717) is 0 Å². The molecule has 0 radical (unpaired) electrons. The molecule has 0 aliphatic rings. The van der Waals surface area contributed by atoms with Gasteiger partial charge in [0.25, 0.3) is 0 Å². The van der Waals surface area contributed by atoms with Crippen LogP contribution in [-0.2, 0) is 5.60 Å². The van der Waals surface area contributed by atoms with E-state index in [9.17, 15) is 22.7 Å². The maximum Gasteiger partial charge on any atom is 0.422 e. The van der Waals surface area contributed by atoms with Crippen LogP contribution in [0.3, 0.4) is 0 Å². The van der Waals surface area contributed by atoms with Crippen molar-refractivity contribution >= 4 is 0 Å². The summed E-state index contributed by atoms with van der Waals surface area (Å²) in [6.45, 7) is 1.44. The fraction of sp³-hybridized carbons (Fsp3) is 0.455. The number of halogens is 4. The highest BCUT2D eigenvalue weighted by atomic mass is 19.4. The van der Waals surface area contributed by atoms with Crippen LogP contribution in [-0.4, -0.2) is 17.3 Å². The second-order valence-electron chi connectivity index (χ2n) is 3.79. The van der Waals surface area contributed by atoms with Gasteiger partial charge in [-0.05, 0) is 24.1 Å². The number of alkyl halides is 3. The van der Waals surface area contributed by atoms with Crippen molar-refractivity contribution in [3.05, 3.63) is 35.6 Å². The number of hydrogen-bond acceptors (Lipinski definition) is 2. The third-order valence-corrected chi connectivity index (χ3v) is 2.69. The molecule has 96 valence electrons. The van der Waals surface area contributed by atoms with E-state index in [1.807, 2.05) is 0 Å². The Kier molecular flexibility index (Phi) is 3.78. The summed E-state index contributed by atoms with van der Waals surface area (Å²) in [4.78, 5) is 0. The van der Waals surface area contributed by atoms with E-state index in [1.54, 1.807) is 0 Å². The summed E-state index contributed by atoms with van der Waals surface area (Å²) in [5, 5.41) is 9.81. The first kappa shape index (κ1) is 13.9. The SMILES string of the molecule is CCC(N)C(O)(c1ccc(F)cc1)C(F)(F)F. The standard InChI is InChI=1S/C11H13F4NO/c1-2-9(16)10(17,11(13,14)15)7-3-5-8(12)6-4-7/h3-6,9,17H,2,16H2,1H3. The van der Waals surface area contributed by atoms with Gasteiger partial charge < -0.3 is 10.8 Å². The predicted octanol–water partition coefficient (Wildman–Crippen LogP) is 2.31. The zero-order valence-corrected chi connectivity index (χ0v) is 9.13. The van der Waals surface area contributed by atoms with Gasteiger partial charge in [0.1, 0.15) is 5.82 Å². The smallest absolute Gasteiger partial charge is 0.375 e. The van der Waals surface area contributed by atoms with E-state index in [-0.39, 0.29) is 6.42 Å². The maximum absolute atomic E-state index is 12.9. The molecular formula is C11H13F4NO. The summed E-state index contributed by atoms with van der Waals surface area (Å²) in [5.74, 6) is -0.677. The van der Waals surface area contributed by atoms with Crippen molar-refractivity contribution < 1.29 is 22.7 Å². The minimum absolute atomic E-state index is 0.0621. The molecule has 0 aromatic heterocycles. The van der Waals surface area contributed by atoms with Crippen LogP contribution >= 0.6 is 0 Å². The van der Waals surface area contributed by atoms with Crippen molar-refractivity contribution in [2.75, 3.05) is 0 Å². The fourth-order valence-corrected chi connectivity index (χ4v) is 1.59. The van der Waals surface area contributed by atoms with Gasteiger partial charge in [0, 0.05) is 6.04 Å². The van der Waals surface area contributed by atoms with Crippen LogP contribution < -0.4 is 5.73 Å². The van der Waals surface area contributed by atoms with Gasteiger partial charge in [-0.15, -0.1) is 0 Å². The Balaban J connectivity index is 3.29. The van der Waals surface area contributed by atoms with Crippen LogP contribution in [0.2, 0.25) is 0 Å². The normalized spacial score (nSPS) is 17.6. The Labute approximate surface area is 96.1 Å². The molecule has 0 spiro atoms. The van der Waals surface area contributed by atoms with Crippen LogP contribution in [0, 0.1) is 5.82 Å². The van der Waals surface area contributed by atoms with Crippen molar-refractivity contribution in [2.45, 2.75) is 31.2 Å². The van der Waals surface area contributed by atoms with Crippen molar-refractivity contribution in [1.29, 1.82) is 0 Å². The van der Waals surface area contributed by atoms with E-state index >= 15 is 0 Å². The molecule has 0 aliphatic heterocycles. The first-order valence-electron chi connectivity index (χ1n) is 5.04. The molecule has 2 unspecified atom stereocenters. The monoisotopic (exact) mass is 251 g/mol. The van der Waals surface area contributed by atoms with E-state index < -0.39 is 29.2 Å². The molecule has 0 saturated heterocycles. The molecule has 3 N–H and O–H groups in total. The quantitative estimate of drug-likeness (QED) is 0.810. The van der Waals surface area contributed by atoms with Gasteiger partial charge in [-0.3, -0.25) is 0 Å². The third kappa shape index (κ3) is 2.42. The van der Waals surface area contributed by atoms with Gasteiger partial charge in [-0.2, -0.15) is 13.2 Å². The minimum atomic E-state index is -4.92. The number of benzene rings is 1. The zero-order chi connectivity index (χ0) is 13.3. The van der Waals surface area contributed by atoms with Crippen LogP contribution in [0.25, 0.3) is 0 Å². The average Bonchev–Trinajstić information content (AvgIpc) is 2.26. The third-order valence-electron chi connectivity index (χ3n) is 2.69. The van der Waals surface area contributed by atoms with Crippen molar-refractivity contribution in [1.82, 2.24) is 0 Å². The number of rotatable bonds is 3. The van der Waals surface area contributed by atoms with Crippen molar-refractivity contribution in [3.8, 4) is 0 Å². The highest BCUT2D eigenvalue weighted by Crippen LogP contribution is 2.41. The molecule has 0 heterocycles. The first-order chi connectivity index (χ1) is 7.73. The lowest BCUT2D eigenvalue weighted by Crippen LogP contribution is -2.55. The summed E-state index contributed by atoms with van der Waals surface area (Å²) in [6, 6.07) is 1.98. The van der Waals surface area contributed by atoms with E-state index in [1.165, 1.54) is 6.92 Å². The Hall–Kier alpha value is -1.14. The Morgan fingerprint density at radius 2 is 1.71 bits per heavy atom. The molecule has 0 bridgehead atoms. The lowest BCUT2D eigenvalue weighted by Gasteiger charge is -2.35. The highest BCUT2D eigenvalue weighted by molar-refractivity contribution is 5.27. The molecule has 1 rings (SSSR count). The first-order valence-corrected chi connectivity index (χ1v) is 5.04. The summed E-state index contributed by atoms with van der Waals surface area (Å²) < 4.78 is 51.4. The van der Waals surface area contributed by atoms with Gasteiger partial charge in [0.15, 0.2) is 0 Å². The highest BCUT2D eigenvalue weighted by Gasteiger charge is 2.58. The van der Waals surface area contributed by atoms with Crippen LogP contribution in [0.1, 0.15) is 18.9 Å². The lowest BCUT2D eigenvalue weighted by molar-refractivity contribution is -0.274. The van der Waals surface area contributed by atoms with Gasteiger partial charge in [0.2, 0.25) is 5.60 Å². The Morgan fingerprint density at radius 1 is 1.24 bits per heavy atom. The largest absolute Gasteiger partial charge is 0.422 e. The summed E-state index contributed by atoms with van der Waals surface area (Å²) >= 11 is 0. The van der Waals surface area contributed by atoms with Crippen LogP contribution in [0.5, 0.6) is 0 Å². The van der Waals surface area contributed by atoms with E-state index in [0.717, 1.165) is 24.3 Å². The summed E-state index contributed by atoms with van der Waals surface area (Å²) in [7, 11) is 0. The molecule has 1 aromatic carbocycles. The molecule has 2 nitrogen and oxygen atoms in total. The van der Waals surface area contributed by atoms with Crippen molar-refractivity contribution in [3.63, 3.8) is 0 Å². The molecule has 2 atom stereocenters. The summed E-state index contributed by atoms with van der Waals surface area (Å²) in [6.07, 6.45) is -4.98. The number of hydrogen-bond donors (Lipinski definition) is 2. The number of nitrogens with two attached hydrogens (primary N) is 1. The molecule has 0 fully saturated rings. The number of aliphatic hydroxyl groups is 1. The molecule has 0 amide bonds. The lowest BCUT2D eigenvalue weighted by atomic mass is 9.84. The van der Waals surface area contributed by atoms with E-state index in [4.69, 9.17) is 5.73 Å². The molecule has 1 aromatic rings. The average molecular weight is 251 g/mol. The Bertz CT molecular complexity index is 376. The minimum Gasteiger partial charge on any atom is -0.375 e. The second-order valence-corrected chi connectivity index (χ2v) is 3.79. The zero-order valence-electron chi connectivity index (χ0n) is 9.13. The van der Waals surface area contributed by atoms with Crippen LogP contribution in [0.4, 0.5) is 17.6 Å². The molecular weight excluding hydrogens is 238 g/mol. The molecule has 0 aliphatic carbocycles. The Morgan fingerprint density at radius 3 is 2.06 bits per heavy atom. The van der Waals surface area contributed by atoms with Crippen LogP contribution in [0.15, 0.2) is 24.3 Å². The van der Waals surface area contributed by atoms with E-state index in [2.05, 4.69) is 0 Å². The van der Waals surface area contributed by atoms with Gasteiger partial charge in [0.05, 0.1) is 0 Å². The van der Waals surface area contributed by atoms with Gasteiger partial charge in [-0.1, -0.05) is 19.1 Å². The maximum atomic E-state index is 12.9.